The summed E-state index contributed by atoms with van der Waals surface area (Å²) in [5, 5.41) is 3.44. The van der Waals surface area contributed by atoms with Crippen LogP contribution in [-0.2, 0) is 0 Å². The Labute approximate surface area is 128 Å². The first-order chi connectivity index (χ1) is 10.1. The second-order valence-electron chi connectivity index (χ2n) is 4.86. The minimum atomic E-state index is -0.413. The summed E-state index contributed by atoms with van der Waals surface area (Å²) in [5.41, 5.74) is -0.153. The van der Waals surface area contributed by atoms with E-state index >= 15 is 0 Å². The molecule has 102 valence electrons. The monoisotopic (exact) mass is 314 g/mol. The van der Waals surface area contributed by atoms with Crippen LogP contribution in [0.1, 0.15) is 0 Å². The van der Waals surface area contributed by atoms with E-state index in [0.717, 1.165) is 20.9 Å². The topological polar surface area (TPSA) is 17.1 Å². The lowest BCUT2D eigenvalue weighted by atomic mass is 10.1. The van der Waals surface area contributed by atoms with E-state index in [4.69, 9.17) is 11.6 Å². The normalized spacial score (nSPS) is 11.5. The predicted octanol–water partition coefficient (Wildman–Crippen LogP) is 5.36. The highest BCUT2D eigenvalue weighted by Gasteiger charge is 2.11. The lowest BCUT2D eigenvalue weighted by Crippen LogP contribution is -1.98. The highest BCUT2D eigenvalue weighted by molar-refractivity contribution is 7.23. The molecule has 1 nitrogen and oxygen atoms in total. The van der Waals surface area contributed by atoms with Gasteiger partial charge in [0.15, 0.2) is 5.43 Å². The minimum Gasteiger partial charge on any atom is -0.289 e. The molecule has 0 saturated carbocycles. The van der Waals surface area contributed by atoms with Crippen molar-refractivity contribution in [3.63, 3.8) is 0 Å². The smallest absolute Gasteiger partial charge is 0.194 e. The number of hydrogen-bond acceptors (Lipinski definition) is 2. The molecule has 1 aromatic heterocycles. The van der Waals surface area contributed by atoms with E-state index in [9.17, 15) is 9.18 Å². The van der Waals surface area contributed by atoms with Crippen molar-refractivity contribution in [3.05, 3.63) is 68.9 Å². The summed E-state index contributed by atoms with van der Waals surface area (Å²) in [4.78, 5) is 12.7. The molecule has 0 aliphatic rings. The molecule has 0 N–H and O–H groups in total. The van der Waals surface area contributed by atoms with Gasteiger partial charge < -0.3 is 0 Å². The first-order valence-corrected chi connectivity index (χ1v) is 7.58. The second kappa shape index (κ2) is 4.52. The van der Waals surface area contributed by atoms with Gasteiger partial charge in [0.05, 0.1) is 4.34 Å². The number of halogens is 2. The highest BCUT2D eigenvalue weighted by atomic mass is 35.5. The Bertz CT molecular complexity index is 1080. The van der Waals surface area contributed by atoms with Gasteiger partial charge in [0.2, 0.25) is 0 Å². The molecule has 21 heavy (non-hydrogen) atoms. The maximum absolute atomic E-state index is 13.6. The molecule has 0 unspecified atom stereocenters. The zero-order valence-electron chi connectivity index (χ0n) is 10.7. The summed E-state index contributed by atoms with van der Waals surface area (Å²) in [6, 6.07) is 13.5. The molecule has 4 rings (SSSR count). The van der Waals surface area contributed by atoms with E-state index in [1.165, 1.54) is 23.5 Å². The largest absolute Gasteiger partial charge is 0.289 e. The number of benzene rings is 2. The average molecular weight is 315 g/mol. The van der Waals surface area contributed by atoms with Crippen LogP contribution in [0.3, 0.4) is 0 Å². The van der Waals surface area contributed by atoms with Gasteiger partial charge in [-0.1, -0.05) is 41.9 Å². The van der Waals surface area contributed by atoms with Crippen molar-refractivity contribution in [2.45, 2.75) is 0 Å². The molecule has 0 aliphatic carbocycles. The van der Waals surface area contributed by atoms with Crippen LogP contribution in [0, 0.1) is 5.82 Å². The fraction of sp³-hybridized carbons (Fsp3) is 0. The predicted molar refractivity (Wildman–Crippen MR) is 88.1 cm³/mol. The standard InChI is InChI=1S/C17H8ClFOS/c18-15-8-14-10-6-5-9(19)7-13(10)16(20)11-3-1-2-4-12(11)17(14)21-15/h1-8H. The second-order valence-corrected chi connectivity index (χ2v) is 6.54. The van der Waals surface area contributed by atoms with Crippen molar-refractivity contribution in [2.24, 2.45) is 0 Å². The number of fused-ring (bicyclic) bond motifs is 5. The molecule has 0 radical (unpaired) electrons. The third-order valence-corrected chi connectivity index (χ3v) is 4.93. The van der Waals surface area contributed by atoms with Crippen LogP contribution in [-0.4, -0.2) is 0 Å². The van der Waals surface area contributed by atoms with E-state index in [-0.39, 0.29) is 5.43 Å². The van der Waals surface area contributed by atoms with Gasteiger partial charge in [-0.25, -0.2) is 4.39 Å². The van der Waals surface area contributed by atoms with E-state index in [1.54, 1.807) is 12.1 Å². The Morgan fingerprint density at radius 2 is 1.62 bits per heavy atom. The van der Waals surface area contributed by atoms with Crippen LogP contribution in [0.2, 0.25) is 4.34 Å². The van der Waals surface area contributed by atoms with Crippen LogP contribution < -0.4 is 5.43 Å². The molecule has 0 aliphatic heterocycles. The van der Waals surface area contributed by atoms with Crippen LogP contribution in [0.25, 0.3) is 31.6 Å². The fourth-order valence-electron chi connectivity index (χ4n) is 2.72. The lowest BCUT2D eigenvalue weighted by molar-refractivity contribution is 0.630. The van der Waals surface area contributed by atoms with Crippen molar-refractivity contribution in [3.8, 4) is 0 Å². The quantitative estimate of drug-likeness (QED) is 0.427. The molecule has 0 saturated heterocycles. The van der Waals surface area contributed by atoms with Crippen LogP contribution in [0.4, 0.5) is 4.39 Å². The summed E-state index contributed by atoms with van der Waals surface area (Å²) in [6.45, 7) is 0. The third-order valence-electron chi connectivity index (χ3n) is 3.63. The molecular weight excluding hydrogens is 307 g/mol. The third kappa shape index (κ3) is 1.85. The first kappa shape index (κ1) is 12.7. The van der Waals surface area contributed by atoms with Gasteiger partial charge >= 0.3 is 0 Å². The molecule has 3 aromatic carbocycles. The summed E-state index contributed by atoms with van der Waals surface area (Å²) in [7, 11) is 0. The van der Waals surface area contributed by atoms with E-state index in [0.29, 0.717) is 15.1 Å². The molecule has 1 heterocycles. The van der Waals surface area contributed by atoms with Gasteiger partial charge in [-0.15, -0.1) is 11.3 Å². The van der Waals surface area contributed by atoms with E-state index in [1.807, 2.05) is 24.3 Å². The Balaban J connectivity index is 2.50. The SMILES string of the molecule is O=c1c2cc(F)ccc2c2cc(Cl)sc2c2ccccc12. The van der Waals surface area contributed by atoms with Gasteiger partial charge in [-0.3, -0.25) is 4.79 Å². The number of rotatable bonds is 0. The zero-order valence-corrected chi connectivity index (χ0v) is 12.3. The van der Waals surface area contributed by atoms with Gasteiger partial charge in [-0.05, 0) is 23.6 Å². The number of hydrogen-bond donors (Lipinski definition) is 0. The van der Waals surface area contributed by atoms with Crippen molar-refractivity contribution in [1.29, 1.82) is 0 Å². The van der Waals surface area contributed by atoms with E-state index < -0.39 is 5.82 Å². The van der Waals surface area contributed by atoms with Crippen molar-refractivity contribution in [2.75, 3.05) is 0 Å². The lowest BCUT2D eigenvalue weighted by Gasteiger charge is -1.93. The summed E-state index contributed by atoms with van der Waals surface area (Å²) in [5.74, 6) is -0.413. The fourth-order valence-corrected chi connectivity index (χ4v) is 4.00. The molecule has 4 aromatic rings. The Hall–Kier alpha value is -1.97. The molecule has 0 bridgehead atoms. The Kier molecular flexibility index (Phi) is 2.74. The summed E-state index contributed by atoms with van der Waals surface area (Å²) >= 11 is 7.60. The summed E-state index contributed by atoms with van der Waals surface area (Å²) in [6.07, 6.45) is 0. The van der Waals surface area contributed by atoms with Crippen LogP contribution in [0.5, 0.6) is 0 Å². The Morgan fingerprint density at radius 3 is 2.43 bits per heavy atom. The van der Waals surface area contributed by atoms with Crippen LogP contribution >= 0.6 is 22.9 Å². The van der Waals surface area contributed by atoms with Gasteiger partial charge in [0, 0.05) is 26.2 Å². The molecule has 0 atom stereocenters. The van der Waals surface area contributed by atoms with Crippen molar-refractivity contribution < 1.29 is 4.39 Å². The van der Waals surface area contributed by atoms with Gasteiger partial charge in [0.1, 0.15) is 5.82 Å². The summed E-state index contributed by atoms with van der Waals surface area (Å²) < 4.78 is 15.2. The zero-order chi connectivity index (χ0) is 14.6. The molecule has 4 heteroatoms. The van der Waals surface area contributed by atoms with Crippen molar-refractivity contribution >= 4 is 54.6 Å². The maximum atomic E-state index is 13.6. The number of thiophene rings is 1. The molecule has 0 spiro atoms. The van der Waals surface area contributed by atoms with Crippen molar-refractivity contribution in [1.82, 2.24) is 0 Å². The molecule has 0 fully saturated rings. The van der Waals surface area contributed by atoms with Gasteiger partial charge in [-0.2, -0.15) is 0 Å². The Morgan fingerprint density at radius 1 is 0.857 bits per heavy atom. The molecular formula is C17H8ClFOS. The highest BCUT2D eigenvalue weighted by Crippen LogP contribution is 2.36. The maximum Gasteiger partial charge on any atom is 0.194 e. The van der Waals surface area contributed by atoms with Crippen LogP contribution in [0.15, 0.2) is 53.3 Å². The first-order valence-electron chi connectivity index (χ1n) is 6.38. The van der Waals surface area contributed by atoms with E-state index in [2.05, 4.69) is 0 Å². The minimum absolute atomic E-state index is 0.153. The van der Waals surface area contributed by atoms with Gasteiger partial charge in [0.25, 0.3) is 0 Å². The average Bonchev–Trinajstić information content (AvgIpc) is 2.84. The molecule has 0 amide bonds.